The van der Waals surface area contributed by atoms with E-state index in [1.807, 2.05) is 6.92 Å². The molecular formula is C22H16F4N4O3. The van der Waals surface area contributed by atoms with Gasteiger partial charge in [-0.1, -0.05) is 24.2 Å². The number of nitrogens with one attached hydrogen (secondary N) is 1. The number of rotatable bonds is 6. The number of carbonyl (C=O) groups is 1. The molecule has 2 aromatic carbocycles. The van der Waals surface area contributed by atoms with Crippen molar-refractivity contribution in [3.05, 3.63) is 77.8 Å². The van der Waals surface area contributed by atoms with Gasteiger partial charge >= 0.3 is 12.1 Å². The SMILES string of the molecule is CC(CNC(=O)c1cccc(-c2noc(C(F)(F)F)n2)c1)c1coc(-c2ccc(F)cc2)n1. The van der Waals surface area contributed by atoms with E-state index in [0.29, 0.717) is 17.1 Å². The second-order valence-corrected chi connectivity index (χ2v) is 7.20. The average Bonchev–Trinajstić information content (AvgIpc) is 3.48. The molecule has 4 rings (SSSR count). The van der Waals surface area contributed by atoms with Gasteiger partial charge in [0, 0.05) is 29.2 Å². The number of halogens is 4. The summed E-state index contributed by atoms with van der Waals surface area (Å²) in [4.78, 5) is 20.3. The lowest BCUT2D eigenvalue weighted by molar-refractivity contribution is -0.159. The molecule has 11 heteroatoms. The maximum absolute atomic E-state index is 13.1. The highest BCUT2D eigenvalue weighted by Gasteiger charge is 2.38. The topological polar surface area (TPSA) is 94.1 Å². The quantitative estimate of drug-likeness (QED) is 0.403. The van der Waals surface area contributed by atoms with Gasteiger partial charge in [-0.3, -0.25) is 4.79 Å². The summed E-state index contributed by atoms with van der Waals surface area (Å²) in [7, 11) is 0. The lowest BCUT2D eigenvalue weighted by Gasteiger charge is -2.10. The highest BCUT2D eigenvalue weighted by molar-refractivity contribution is 5.95. The average molecular weight is 460 g/mol. The van der Waals surface area contributed by atoms with Crippen molar-refractivity contribution in [2.45, 2.75) is 19.0 Å². The zero-order valence-electron chi connectivity index (χ0n) is 17.1. The summed E-state index contributed by atoms with van der Waals surface area (Å²) in [5.74, 6) is -2.43. The third kappa shape index (κ3) is 5.08. The smallest absolute Gasteiger partial charge is 0.444 e. The zero-order valence-corrected chi connectivity index (χ0v) is 17.1. The van der Waals surface area contributed by atoms with E-state index >= 15 is 0 Å². The van der Waals surface area contributed by atoms with Gasteiger partial charge < -0.3 is 14.3 Å². The van der Waals surface area contributed by atoms with Gasteiger partial charge in [-0.05, 0) is 36.4 Å². The zero-order chi connectivity index (χ0) is 23.6. The van der Waals surface area contributed by atoms with E-state index in [1.54, 1.807) is 12.1 Å². The fourth-order valence-electron chi connectivity index (χ4n) is 2.95. The van der Waals surface area contributed by atoms with Crippen molar-refractivity contribution in [2.24, 2.45) is 0 Å². The largest absolute Gasteiger partial charge is 0.471 e. The van der Waals surface area contributed by atoms with Gasteiger partial charge in [0.25, 0.3) is 5.91 Å². The Bertz CT molecular complexity index is 1270. The minimum absolute atomic E-state index is 0.204. The van der Waals surface area contributed by atoms with Gasteiger partial charge in [-0.2, -0.15) is 18.2 Å². The molecule has 0 saturated carbocycles. The van der Waals surface area contributed by atoms with Crippen molar-refractivity contribution in [2.75, 3.05) is 6.54 Å². The summed E-state index contributed by atoms with van der Waals surface area (Å²) in [5, 5.41) is 6.07. The molecule has 1 N–H and O–H groups in total. The summed E-state index contributed by atoms with van der Waals surface area (Å²) in [6, 6.07) is 11.5. The number of carbonyl (C=O) groups excluding carboxylic acids is 1. The molecule has 0 aliphatic heterocycles. The van der Waals surface area contributed by atoms with Crippen molar-refractivity contribution < 1.29 is 31.3 Å². The molecule has 7 nitrogen and oxygen atoms in total. The number of amides is 1. The fourth-order valence-corrected chi connectivity index (χ4v) is 2.95. The summed E-state index contributed by atoms with van der Waals surface area (Å²) in [5.41, 5.74) is 1.63. The van der Waals surface area contributed by atoms with Crippen LogP contribution in [0.2, 0.25) is 0 Å². The van der Waals surface area contributed by atoms with Gasteiger partial charge in [0.1, 0.15) is 12.1 Å². The van der Waals surface area contributed by atoms with Crippen LogP contribution in [0.4, 0.5) is 17.6 Å². The molecule has 2 aromatic heterocycles. The Morgan fingerprint density at radius 1 is 1.09 bits per heavy atom. The van der Waals surface area contributed by atoms with Crippen LogP contribution in [-0.4, -0.2) is 27.6 Å². The van der Waals surface area contributed by atoms with Gasteiger partial charge in [0.05, 0.1) is 5.69 Å². The van der Waals surface area contributed by atoms with Crippen molar-refractivity contribution in [3.8, 4) is 22.8 Å². The van der Waals surface area contributed by atoms with Crippen LogP contribution in [0.5, 0.6) is 0 Å². The van der Waals surface area contributed by atoms with Crippen LogP contribution in [0.1, 0.15) is 34.8 Å². The Morgan fingerprint density at radius 2 is 1.85 bits per heavy atom. The molecule has 170 valence electrons. The van der Waals surface area contributed by atoms with Crippen molar-refractivity contribution in [3.63, 3.8) is 0 Å². The van der Waals surface area contributed by atoms with Crippen LogP contribution >= 0.6 is 0 Å². The van der Waals surface area contributed by atoms with E-state index in [2.05, 4.69) is 25.0 Å². The van der Waals surface area contributed by atoms with E-state index in [4.69, 9.17) is 4.42 Å². The minimum Gasteiger partial charge on any atom is -0.444 e. The first-order chi connectivity index (χ1) is 15.7. The Labute approximate surface area is 184 Å². The van der Waals surface area contributed by atoms with Crippen LogP contribution in [-0.2, 0) is 6.18 Å². The van der Waals surface area contributed by atoms with Crippen LogP contribution < -0.4 is 5.32 Å². The van der Waals surface area contributed by atoms with Gasteiger partial charge in [-0.25, -0.2) is 9.37 Å². The fraction of sp³-hybridized carbons (Fsp3) is 0.182. The lowest BCUT2D eigenvalue weighted by Crippen LogP contribution is -2.27. The lowest BCUT2D eigenvalue weighted by atomic mass is 10.1. The number of alkyl halides is 3. The first-order valence-electron chi connectivity index (χ1n) is 9.71. The number of aromatic nitrogens is 3. The molecular weight excluding hydrogens is 444 g/mol. The molecule has 1 unspecified atom stereocenters. The Kier molecular flexibility index (Phi) is 5.95. The Morgan fingerprint density at radius 3 is 2.55 bits per heavy atom. The normalized spacial score (nSPS) is 12.5. The number of nitrogens with zero attached hydrogens (tertiary/aromatic N) is 3. The molecule has 4 aromatic rings. The molecule has 1 atom stereocenters. The molecule has 1 amide bonds. The van der Waals surface area contributed by atoms with Crippen LogP contribution in [0.15, 0.2) is 63.7 Å². The van der Waals surface area contributed by atoms with E-state index in [1.165, 1.54) is 42.7 Å². The van der Waals surface area contributed by atoms with E-state index in [-0.39, 0.29) is 35.2 Å². The summed E-state index contributed by atoms with van der Waals surface area (Å²) in [6.07, 6.45) is -3.29. The second kappa shape index (κ2) is 8.85. The number of hydrogen-bond donors (Lipinski definition) is 1. The van der Waals surface area contributed by atoms with Crippen LogP contribution in [0.25, 0.3) is 22.8 Å². The summed E-state index contributed by atoms with van der Waals surface area (Å²) in [6.45, 7) is 2.06. The second-order valence-electron chi connectivity index (χ2n) is 7.20. The highest BCUT2D eigenvalue weighted by atomic mass is 19.4. The predicted molar refractivity (Wildman–Crippen MR) is 107 cm³/mol. The van der Waals surface area contributed by atoms with Gasteiger partial charge in [-0.15, -0.1) is 0 Å². The minimum atomic E-state index is -4.76. The molecule has 0 bridgehead atoms. The monoisotopic (exact) mass is 460 g/mol. The van der Waals surface area contributed by atoms with Crippen molar-refractivity contribution in [1.29, 1.82) is 0 Å². The maximum Gasteiger partial charge on any atom is 0.471 e. The predicted octanol–water partition coefficient (Wildman–Crippen LogP) is 5.08. The first-order valence-corrected chi connectivity index (χ1v) is 9.71. The van der Waals surface area contributed by atoms with E-state index in [9.17, 15) is 22.4 Å². The molecule has 0 fully saturated rings. The first kappa shape index (κ1) is 22.2. The van der Waals surface area contributed by atoms with E-state index < -0.39 is 18.0 Å². The molecule has 0 spiro atoms. The van der Waals surface area contributed by atoms with Crippen LogP contribution in [0.3, 0.4) is 0 Å². The molecule has 0 saturated heterocycles. The molecule has 2 heterocycles. The van der Waals surface area contributed by atoms with Crippen molar-refractivity contribution in [1.82, 2.24) is 20.4 Å². The Balaban J connectivity index is 1.40. The van der Waals surface area contributed by atoms with Gasteiger partial charge in [0.15, 0.2) is 0 Å². The van der Waals surface area contributed by atoms with Crippen LogP contribution in [0, 0.1) is 5.82 Å². The van der Waals surface area contributed by atoms with E-state index in [0.717, 1.165) is 0 Å². The molecule has 0 radical (unpaired) electrons. The maximum atomic E-state index is 13.1. The Hall–Kier alpha value is -4.02. The number of benzene rings is 2. The number of oxazole rings is 1. The van der Waals surface area contributed by atoms with Gasteiger partial charge in [0.2, 0.25) is 11.7 Å². The molecule has 0 aliphatic rings. The van der Waals surface area contributed by atoms with Crippen molar-refractivity contribution >= 4 is 5.91 Å². The molecule has 0 aliphatic carbocycles. The summed E-state index contributed by atoms with van der Waals surface area (Å²) >= 11 is 0. The third-order valence-electron chi connectivity index (χ3n) is 4.74. The number of hydrogen-bond acceptors (Lipinski definition) is 6. The standard InChI is InChI=1S/C22H16F4N4O3/c1-12(17-11-32-20(28-17)13-5-7-16(23)8-6-13)10-27-19(31)15-4-2-3-14(9-15)18-29-21(33-30-18)22(24,25)26/h2-9,11-12H,10H2,1H3,(H,27,31). The highest BCUT2D eigenvalue weighted by Crippen LogP contribution is 2.29. The molecule has 33 heavy (non-hydrogen) atoms. The third-order valence-corrected chi connectivity index (χ3v) is 4.74. The summed E-state index contributed by atoms with van der Waals surface area (Å²) < 4.78 is 60.8.